The van der Waals surface area contributed by atoms with Gasteiger partial charge in [0.25, 0.3) is 0 Å². The van der Waals surface area contributed by atoms with E-state index in [-0.39, 0.29) is 50.9 Å². The van der Waals surface area contributed by atoms with Gasteiger partial charge in [-0.05, 0) is 60.4 Å². The van der Waals surface area contributed by atoms with Gasteiger partial charge in [0.15, 0.2) is 0 Å². The number of fused-ring (bicyclic) bond motifs is 3. The van der Waals surface area contributed by atoms with Crippen LogP contribution in [0.2, 0.25) is 0 Å². The van der Waals surface area contributed by atoms with Crippen molar-refractivity contribution >= 4 is 23.9 Å². The molecule has 4 rings (SSSR count). The first-order valence-corrected chi connectivity index (χ1v) is 17.0. The second-order valence-corrected chi connectivity index (χ2v) is 12.5. The van der Waals surface area contributed by atoms with Gasteiger partial charge < -0.3 is 30.5 Å². The number of aliphatic hydroxyl groups is 1. The molecule has 0 radical (unpaired) electrons. The van der Waals surface area contributed by atoms with E-state index in [1.54, 1.807) is 19.1 Å². The number of esters is 1. The molecule has 0 aromatic heterocycles. The van der Waals surface area contributed by atoms with Gasteiger partial charge in [0, 0.05) is 18.4 Å². The Balaban J connectivity index is 1.39. The van der Waals surface area contributed by atoms with Crippen LogP contribution in [0, 0.1) is 5.92 Å². The third-order valence-electron chi connectivity index (χ3n) is 8.61. The summed E-state index contributed by atoms with van der Waals surface area (Å²) in [5.74, 6) is -2.30. The quantitative estimate of drug-likeness (QED) is 0.101. The number of aliphatic hydroxyl groups excluding tert-OH is 1. The number of benzene rings is 3. The SMILES string of the molecule is C=CCC[C@H](NC(=O)OCC1c2ccccc2-c2ccccc21)C(=O)OC[C@@H](Cc1ccccc1)NC(=O)[C@H](CC=C)CC(=O)N[C@H](C)CO. The van der Waals surface area contributed by atoms with Gasteiger partial charge in [0.2, 0.25) is 11.8 Å². The molecule has 4 atom stereocenters. The monoisotopic (exact) mass is 681 g/mol. The zero-order chi connectivity index (χ0) is 35.9. The minimum Gasteiger partial charge on any atom is -0.462 e. The van der Waals surface area contributed by atoms with Crippen molar-refractivity contribution in [1.29, 1.82) is 0 Å². The zero-order valence-corrected chi connectivity index (χ0v) is 28.5. The first-order chi connectivity index (χ1) is 24.2. The Morgan fingerprint density at radius 2 is 1.48 bits per heavy atom. The zero-order valence-electron chi connectivity index (χ0n) is 28.5. The Labute approximate surface area is 294 Å². The molecule has 0 spiro atoms. The maximum Gasteiger partial charge on any atom is 0.407 e. The highest BCUT2D eigenvalue weighted by atomic mass is 16.6. The van der Waals surface area contributed by atoms with Crippen LogP contribution < -0.4 is 16.0 Å². The molecule has 0 aliphatic heterocycles. The predicted octanol–water partition coefficient (Wildman–Crippen LogP) is 5.21. The second-order valence-electron chi connectivity index (χ2n) is 12.5. The fourth-order valence-electron chi connectivity index (χ4n) is 6.06. The summed E-state index contributed by atoms with van der Waals surface area (Å²) < 4.78 is 11.4. The summed E-state index contributed by atoms with van der Waals surface area (Å²) >= 11 is 0. The molecule has 10 heteroatoms. The van der Waals surface area contributed by atoms with Crippen LogP contribution in [0.15, 0.2) is 104 Å². The van der Waals surface area contributed by atoms with Gasteiger partial charge in [-0.25, -0.2) is 9.59 Å². The molecule has 1 aliphatic rings. The topological polar surface area (TPSA) is 143 Å². The number of hydrogen-bond donors (Lipinski definition) is 4. The largest absolute Gasteiger partial charge is 0.462 e. The van der Waals surface area contributed by atoms with Crippen LogP contribution >= 0.6 is 0 Å². The van der Waals surface area contributed by atoms with Crippen LogP contribution in [0.4, 0.5) is 4.79 Å². The molecule has 50 heavy (non-hydrogen) atoms. The minimum atomic E-state index is -1.01. The number of amides is 3. The summed E-state index contributed by atoms with van der Waals surface area (Å²) in [5, 5.41) is 17.6. The number of ether oxygens (including phenoxy) is 2. The van der Waals surface area contributed by atoms with Gasteiger partial charge in [-0.2, -0.15) is 0 Å². The Morgan fingerprint density at radius 1 is 0.840 bits per heavy atom. The van der Waals surface area contributed by atoms with Crippen LogP contribution in [0.25, 0.3) is 11.1 Å². The van der Waals surface area contributed by atoms with Crippen molar-refractivity contribution in [3.05, 3.63) is 121 Å². The molecule has 0 fully saturated rings. The number of alkyl carbamates (subject to hydrolysis) is 1. The summed E-state index contributed by atoms with van der Waals surface area (Å²) in [6.07, 6.45) is 3.65. The lowest BCUT2D eigenvalue weighted by atomic mass is 9.98. The molecule has 264 valence electrons. The van der Waals surface area contributed by atoms with E-state index in [0.717, 1.165) is 27.8 Å². The first kappa shape index (κ1) is 37.6. The number of rotatable bonds is 19. The van der Waals surface area contributed by atoms with Gasteiger partial charge in [-0.3, -0.25) is 9.59 Å². The maximum atomic E-state index is 13.4. The molecule has 3 aromatic carbocycles. The Bertz CT molecular complexity index is 1580. The van der Waals surface area contributed by atoms with Crippen molar-refractivity contribution in [3.63, 3.8) is 0 Å². The summed E-state index contributed by atoms with van der Waals surface area (Å²) in [6.45, 7) is 8.82. The molecule has 0 bridgehead atoms. The van der Waals surface area contributed by atoms with E-state index >= 15 is 0 Å². The molecule has 1 aliphatic carbocycles. The molecule has 4 N–H and O–H groups in total. The number of nitrogens with one attached hydrogen (secondary N) is 3. The molecule has 0 saturated heterocycles. The Kier molecular flexibility index (Phi) is 14.4. The number of carbonyl (C=O) groups excluding carboxylic acids is 4. The summed E-state index contributed by atoms with van der Waals surface area (Å²) in [6, 6.07) is 23.4. The maximum absolute atomic E-state index is 13.4. The van der Waals surface area contributed by atoms with Gasteiger partial charge >= 0.3 is 12.1 Å². The standard InChI is InChI=1S/C40H47N3O7/c1-4-6-21-36(43-40(48)50-26-35-33-19-12-10-17-31(33)32-18-11-13-20-34(32)35)39(47)49-25-30(22-28-15-8-7-9-16-28)42-38(46)29(14-5-2)23-37(45)41-27(3)24-44/h4-5,7-13,15-20,27,29-30,35-36,44H,1-2,6,14,21-26H2,3H3,(H,41,45)(H,42,46)(H,43,48)/t27-,29-,30-,36+/m1/s1. The van der Waals surface area contributed by atoms with Crippen LogP contribution in [-0.2, 0) is 30.3 Å². The van der Waals surface area contributed by atoms with E-state index in [9.17, 15) is 24.3 Å². The van der Waals surface area contributed by atoms with E-state index in [0.29, 0.717) is 12.8 Å². The smallest absolute Gasteiger partial charge is 0.407 e. The highest BCUT2D eigenvalue weighted by molar-refractivity contribution is 5.86. The molecule has 0 saturated carbocycles. The molecular formula is C40H47N3O7. The fraction of sp³-hybridized carbons (Fsp3) is 0.350. The summed E-state index contributed by atoms with van der Waals surface area (Å²) in [4.78, 5) is 52.4. The molecular weight excluding hydrogens is 634 g/mol. The molecule has 3 aromatic rings. The van der Waals surface area contributed by atoms with Gasteiger partial charge in [-0.15, -0.1) is 13.2 Å². The minimum absolute atomic E-state index is 0.0943. The average Bonchev–Trinajstić information content (AvgIpc) is 3.44. The summed E-state index contributed by atoms with van der Waals surface area (Å²) in [5.41, 5.74) is 5.27. The highest BCUT2D eigenvalue weighted by Crippen LogP contribution is 2.44. The number of hydrogen-bond acceptors (Lipinski definition) is 7. The molecule has 3 amide bonds. The van der Waals surface area contributed by atoms with Crippen molar-refractivity contribution < 1.29 is 33.8 Å². The van der Waals surface area contributed by atoms with Crippen molar-refractivity contribution in [3.8, 4) is 11.1 Å². The molecule has 0 heterocycles. The fourth-order valence-corrected chi connectivity index (χ4v) is 6.06. The van der Waals surface area contributed by atoms with Gasteiger partial charge in [0.05, 0.1) is 18.6 Å². The summed E-state index contributed by atoms with van der Waals surface area (Å²) in [7, 11) is 0. The van der Waals surface area contributed by atoms with E-state index in [2.05, 4.69) is 41.2 Å². The van der Waals surface area contributed by atoms with E-state index in [1.165, 1.54) is 0 Å². The average molecular weight is 682 g/mol. The van der Waals surface area contributed by atoms with Crippen molar-refractivity contribution in [2.75, 3.05) is 19.8 Å². The molecule has 0 unspecified atom stereocenters. The third-order valence-corrected chi connectivity index (χ3v) is 8.61. The normalized spacial score (nSPS) is 14.1. The van der Waals surface area contributed by atoms with Crippen LogP contribution in [0.3, 0.4) is 0 Å². The van der Waals surface area contributed by atoms with Crippen LogP contribution in [0.5, 0.6) is 0 Å². The highest BCUT2D eigenvalue weighted by Gasteiger charge is 2.31. The predicted molar refractivity (Wildman–Crippen MR) is 192 cm³/mol. The lowest BCUT2D eigenvalue weighted by Gasteiger charge is -2.24. The van der Waals surface area contributed by atoms with Crippen molar-refractivity contribution in [1.82, 2.24) is 16.0 Å². The van der Waals surface area contributed by atoms with E-state index in [4.69, 9.17) is 9.47 Å². The molecule has 10 nitrogen and oxygen atoms in total. The number of carbonyl (C=O) groups is 4. The van der Waals surface area contributed by atoms with E-state index < -0.39 is 42.0 Å². The third kappa shape index (κ3) is 10.6. The lowest BCUT2D eigenvalue weighted by Crippen LogP contribution is -2.47. The van der Waals surface area contributed by atoms with Crippen LogP contribution in [0.1, 0.15) is 55.2 Å². The van der Waals surface area contributed by atoms with Crippen molar-refractivity contribution in [2.24, 2.45) is 5.92 Å². The van der Waals surface area contributed by atoms with Gasteiger partial charge in [0.1, 0.15) is 19.3 Å². The Morgan fingerprint density at radius 3 is 2.10 bits per heavy atom. The van der Waals surface area contributed by atoms with Crippen LogP contribution in [-0.4, -0.2) is 66.9 Å². The van der Waals surface area contributed by atoms with Crippen molar-refractivity contribution in [2.45, 2.75) is 63.1 Å². The second kappa shape index (κ2) is 19.1. The first-order valence-electron chi connectivity index (χ1n) is 17.0. The number of allylic oxidation sites excluding steroid dienone is 2. The van der Waals surface area contributed by atoms with Gasteiger partial charge in [-0.1, -0.05) is 91.0 Å². The Hall–Kier alpha value is -5.22. The van der Waals surface area contributed by atoms with E-state index in [1.807, 2.05) is 66.7 Å². The lowest BCUT2D eigenvalue weighted by molar-refractivity contribution is -0.147.